The van der Waals surface area contributed by atoms with E-state index in [1.807, 2.05) is 0 Å². The SMILES string of the molecule is C1=C2OCNC2OCC1. The zero-order chi connectivity index (χ0) is 6.10. The highest BCUT2D eigenvalue weighted by Gasteiger charge is 2.24. The van der Waals surface area contributed by atoms with Crippen molar-refractivity contribution < 1.29 is 9.47 Å². The van der Waals surface area contributed by atoms with E-state index in [0.29, 0.717) is 6.73 Å². The molecule has 0 spiro atoms. The summed E-state index contributed by atoms with van der Waals surface area (Å²) in [6.45, 7) is 1.40. The van der Waals surface area contributed by atoms with E-state index >= 15 is 0 Å². The molecule has 3 nitrogen and oxygen atoms in total. The molecule has 0 aromatic carbocycles. The largest absolute Gasteiger partial charge is 0.479 e. The maximum Gasteiger partial charge on any atom is 0.168 e. The number of rotatable bonds is 0. The van der Waals surface area contributed by atoms with Gasteiger partial charge in [0.25, 0.3) is 0 Å². The number of hydrogen-bond donors (Lipinski definition) is 1. The van der Waals surface area contributed by atoms with Gasteiger partial charge >= 0.3 is 0 Å². The second-order valence-corrected chi connectivity index (χ2v) is 2.14. The van der Waals surface area contributed by atoms with E-state index in [9.17, 15) is 0 Å². The molecule has 0 amide bonds. The smallest absolute Gasteiger partial charge is 0.168 e. The van der Waals surface area contributed by atoms with Crippen LogP contribution in [0.3, 0.4) is 0 Å². The summed E-state index contributed by atoms with van der Waals surface area (Å²) in [6.07, 6.45) is 3.11. The summed E-state index contributed by atoms with van der Waals surface area (Å²) in [6, 6.07) is 0. The van der Waals surface area contributed by atoms with Gasteiger partial charge in [0.05, 0.1) is 6.61 Å². The van der Waals surface area contributed by atoms with Crippen molar-refractivity contribution in [1.29, 1.82) is 0 Å². The Morgan fingerprint density at radius 3 is 3.56 bits per heavy atom. The van der Waals surface area contributed by atoms with Crippen LogP contribution < -0.4 is 5.32 Å². The standard InChI is InChI=1S/C6H9NO2/c1-2-5-6(8-3-1)7-4-9-5/h2,6-7H,1,3-4H2. The fourth-order valence-electron chi connectivity index (χ4n) is 1.07. The van der Waals surface area contributed by atoms with Gasteiger partial charge in [0.1, 0.15) is 12.5 Å². The van der Waals surface area contributed by atoms with Gasteiger partial charge in [-0.2, -0.15) is 0 Å². The van der Waals surface area contributed by atoms with Crippen LogP contribution in [-0.2, 0) is 9.47 Å². The lowest BCUT2D eigenvalue weighted by Gasteiger charge is -2.14. The van der Waals surface area contributed by atoms with E-state index in [0.717, 1.165) is 18.8 Å². The fourth-order valence-corrected chi connectivity index (χ4v) is 1.07. The Bertz CT molecular complexity index is 144. The Kier molecular flexibility index (Phi) is 1.17. The average Bonchev–Trinajstić information content (AvgIpc) is 2.33. The van der Waals surface area contributed by atoms with Crippen LogP contribution in [0.2, 0.25) is 0 Å². The third kappa shape index (κ3) is 0.821. The van der Waals surface area contributed by atoms with Crippen LogP contribution >= 0.6 is 0 Å². The van der Waals surface area contributed by atoms with Crippen LogP contribution in [0, 0.1) is 0 Å². The molecule has 1 unspecified atom stereocenters. The highest BCUT2D eigenvalue weighted by molar-refractivity contribution is 5.04. The second-order valence-electron chi connectivity index (χ2n) is 2.14. The molecule has 1 saturated heterocycles. The van der Waals surface area contributed by atoms with Gasteiger partial charge in [-0.15, -0.1) is 0 Å². The molecule has 0 aliphatic carbocycles. The molecule has 2 rings (SSSR count). The van der Waals surface area contributed by atoms with Crippen molar-refractivity contribution in [2.45, 2.75) is 12.6 Å². The first-order valence-corrected chi connectivity index (χ1v) is 3.15. The van der Waals surface area contributed by atoms with Crippen LogP contribution in [0.15, 0.2) is 11.8 Å². The van der Waals surface area contributed by atoms with Gasteiger partial charge in [-0.25, -0.2) is 0 Å². The molecule has 2 aliphatic heterocycles. The van der Waals surface area contributed by atoms with E-state index in [1.165, 1.54) is 0 Å². The lowest BCUT2D eigenvalue weighted by Crippen LogP contribution is -2.28. The molecule has 0 aromatic heterocycles. The maximum absolute atomic E-state index is 5.30. The molecule has 50 valence electrons. The van der Waals surface area contributed by atoms with Gasteiger partial charge in [-0.05, 0) is 12.5 Å². The van der Waals surface area contributed by atoms with Crippen molar-refractivity contribution in [2.75, 3.05) is 13.3 Å². The number of ether oxygens (including phenoxy) is 2. The van der Waals surface area contributed by atoms with Gasteiger partial charge in [-0.3, -0.25) is 5.32 Å². The first kappa shape index (κ1) is 5.26. The van der Waals surface area contributed by atoms with E-state index in [1.54, 1.807) is 0 Å². The zero-order valence-electron chi connectivity index (χ0n) is 5.09. The number of hydrogen-bond acceptors (Lipinski definition) is 3. The van der Waals surface area contributed by atoms with Gasteiger partial charge < -0.3 is 9.47 Å². The number of fused-ring (bicyclic) bond motifs is 1. The number of nitrogens with one attached hydrogen (secondary N) is 1. The van der Waals surface area contributed by atoms with E-state index in [2.05, 4.69) is 11.4 Å². The fraction of sp³-hybridized carbons (Fsp3) is 0.667. The molecule has 0 radical (unpaired) electrons. The second kappa shape index (κ2) is 2.01. The molecule has 1 N–H and O–H groups in total. The first-order valence-electron chi connectivity index (χ1n) is 3.15. The normalized spacial score (nSPS) is 32.9. The predicted octanol–water partition coefficient (Wildman–Crippen LogP) is 0.194. The Morgan fingerprint density at radius 2 is 2.67 bits per heavy atom. The van der Waals surface area contributed by atoms with Crippen molar-refractivity contribution in [3.63, 3.8) is 0 Å². The van der Waals surface area contributed by atoms with Crippen molar-refractivity contribution in [3.05, 3.63) is 11.8 Å². The van der Waals surface area contributed by atoms with Crippen molar-refractivity contribution >= 4 is 0 Å². The summed E-state index contributed by atoms with van der Waals surface area (Å²) in [5, 5.41) is 3.05. The van der Waals surface area contributed by atoms with Crippen LogP contribution in [-0.4, -0.2) is 19.6 Å². The van der Waals surface area contributed by atoms with Crippen LogP contribution in [0.25, 0.3) is 0 Å². The maximum atomic E-state index is 5.30. The quantitative estimate of drug-likeness (QED) is 0.504. The Labute approximate surface area is 53.6 Å². The average molecular weight is 127 g/mol. The Morgan fingerprint density at radius 1 is 1.67 bits per heavy atom. The minimum Gasteiger partial charge on any atom is -0.479 e. The molecule has 1 atom stereocenters. The topological polar surface area (TPSA) is 30.5 Å². The summed E-state index contributed by atoms with van der Waals surface area (Å²) < 4.78 is 10.5. The van der Waals surface area contributed by atoms with Gasteiger partial charge in [0, 0.05) is 0 Å². The molecule has 1 fully saturated rings. The molecular formula is C6H9NO2. The van der Waals surface area contributed by atoms with Crippen LogP contribution in [0.5, 0.6) is 0 Å². The van der Waals surface area contributed by atoms with Crippen LogP contribution in [0.4, 0.5) is 0 Å². The molecule has 0 aromatic rings. The molecule has 2 aliphatic rings. The summed E-state index contributed by atoms with van der Waals surface area (Å²) in [4.78, 5) is 0. The predicted molar refractivity (Wildman–Crippen MR) is 31.5 cm³/mol. The molecule has 3 heteroatoms. The van der Waals surface area contributed by atoms with E-state index in [4.69, 9.17) is 9.47 Å². The minimum atomic E-state index is 0.0544. The van der Waals surface area contributed by atoms with E-state index < -0.39 is 0 Å². The summed E-state index contributed by atoms with van der Waals surface area (Å²) in [7, 11) is 0. The van der Waals surface area contributed by atoms with Gasteiger partial charge in [0.2, 0.25) is 0 Å². The van der Waals surface area contributed by atoms with Crippen molar-refractivity contribution in [1.82, 2.24) is 5.32 Å². The molecule has 0 saturated carbocycles. The Balaban J connectivity index is 2.16. The minimum absolute atomic E-state index is 0.0544. The van der Waals surface area contributed by atoms with Crippen molar-refractivity contribution in [3.8, 4) is 0 Å². The highest BCUT2D eigenvalue weighted by atomic mass is 16.6. The molecule has 9 heavy (non-hydrogen) atoms. The summed E-state index contributed by atoms with van der Waals surface area (Å²) >= 11 is 0. The lowest BCUT2D eigenvalue weighted by atomic mass is 10.3. The third-order valence-electron chi connectivity index (χ3n) is 1.51. The van der Waals surface area contributed by atoms with Gasteiger partial charge in [0.15, 0.2) is 6.23 Å². The Hall–Kier alpha value is -0.540. The highest BCUT2D eigenvalue weighted by Crippen LogP contribution is 2.16. The molecule has 2 heterocycles. The third-order valence-corrected chi connectivity index (χ3v) is 1.51. The lowest BCUT2D eigenvalue weighted by molar-refractivity contribution is 0.0539. The molecular weight excluding hydrogens is 118 g/mol. The van der Waals surface area contributed by atoms with Crippen molar-refractivity contribution in [2.24, 2.45) is 0 Å². The first-order chi connectivity index (χ1) is 4.47. The zero-order valence-corrected chi connectivity index (χ0v) is 5.09. The summed E-state index contributed by atoms with van der Waals surface area (Å²) in [5.41, 5.74) is 0. The van der Waals surface area contributed by atoms with E-state index in [-0.39, 0.29) is 6.23 Å². The monoisotopic (exact) mass is 127 g/mol. The van der Waals surface area contributed by atoms with Crippen LogP contribution in [0.1, 0.15) is 6.42 Å². The van der Waals surface area contributed by atoms with Gasteiger partial charge in [-0.1, -0.05) is 0 Å². The summed E-state index contributed by atoms with van der Waals surface area (Å²) in [5.74, 6) is 0.959. The molecule has 0 bridgehead atoms.